The van der Waals surface area contributed by atoms with E-state index >= 15 is 0 Å². The Morgan fingerprint density at radius 1 is 1.41 bits per heavy atom. The van der Waals surface area contributed by atoms with Crippen LogP contribution in [0.2, 0.25) is 0 Å². The summed E-state index contributed by atoms with van der Waals surface area (Å²) in [5.74, 6) is -0.968. The number of nitrogens with one attached hydrogen (secondary N) is 1. The van der Waals surface area contributed by atoms with Crippen molar-refractivity contribution in [1.82, 2.24) is 10.4 Å². The van der Waals surface area contributed by atoms with Crippen LogP contribution >= 0.6 is 15.9 Å². The molecule has 1 amide bonds. The van der Waals surface area contributed by atoms with Gasteiger partial charge >= 0.3 is 0 Å². The van der Waals surface area contributed by atoms with E-state index in [0.717, 1.165) is 0 Å². The topological polar surface area (TPSA) is 41.6 Å². The zero-order chi connectivity index (χ0) is 12.3. The molecule has 0 aliphatic carbocycles. The summed E-state index contributed by atoms with van der Waals surface area (Å²) in [4.78, 5) is 11.8. The van der Waals surface area contributed by atoms with Crippen molar-refractivity contribution in [2.24, 2.45) is 0 Å². The van der Waals surface area contributed by atoms with Gasteiger partial charge in [0.2, 0.25) is 0 Å². The summed E-state index contributed by atoms with van der Waals surface area (Å²) in [5.41, 5.74) is 2.69. The number of nitrogens with zero attached hydrogens (tertiary/aromatic N) is 1. The highest BCUT2D eigenvalue weighted by atomic mass is 79.9. The fourth-order valence-corrected chi connectivity index (χ4v) is 1.91. The lowest BCUT2D eigenvalue weighted by Crippen LogP contribution is -2.48. The third-order valence-corrected chi connectivity index (χ3v) is 2.94. The molecular weight excluding hydrogens is 291 g/mol. The first-order valence-electron chi connectivity index (χ1n) is 5.25. The highest BCUT2D eigenvalue weighted by Gasteiger charge is 2.17. The highest BCUT2D eigenvalue weighted by Crippen LogP contribution is 2.15. The van der Waals surface area contributed by atoms with Gasteiger partial charge in [-0.25, -0.2) is 9.40 Å². The molecular formula is C11H12BrFN2O2. The minimum absolute atomic E-state index is 0.0332. The molecule has 1 aliphatic rings. The van der Waals surface area contributed by atoms with Crippen LogP contribution in [0.1, 0.15) is 10.4 Å². The number of halogens is 2. The summed E-state index contributed by atoms with van der Waals surface area (Å²) >= 11 is 3.21. The average molecular weight is 303 g/mol. The Morgan fingerprint density at radius 2 is 2.12 bits per heavy atom. The van der Waals surface area contributed by atoms with Gasteiger partial charge in [-0.1, -0.05) is 15.9 Å². The van der Waals surface area contributed by atoms with E-state index in [1.807, 2.05) is 0 Å². The number of amides is 1. The number of ether oxygens (including phenoxy) is 1. The third kappa shape index (κ3) is 3.24. The van der Waals surface area contributed by atoms with Crippen molar-refractivity contribution in [3.63, 3.8) is 0 Å². The summed E-state index contributed by atoms with van der Waals surface area (Å²) in [7, 11) is 0. The third-order valence-electron chi connectivity index (χ3n) is 2.44. The van der Waals surface area contributed by atoms with Gasteiger partial charge in [-0.15, -0.1) is 0 Å². The van der Waals surface area contributed by atoms with E-state index < -0.39 is 11.7 Å². The predicted octanol–water partition coefficient (Wildman–Crippen LogP) is 1.57. The van der Waals surface area contributed by atoms with Crippen LogP contribution in [0, 0.1) is 5.82 Å². The van der Waals surface area contributed by atoms with Gasteiger partial charge in [-0.3, -0.25) is 10.2 Å². The van der Waals surface area contributed by atoms with Gasteiger partial charge in [0.15, 0.2) is 0 Å². The molecule has 92 valence electrons. The van der Waals surface area contributed by atoms with Gasteiger partial charge < -0.3 is 4.74 Å². The Morgan fingerprint density at radius 3 is 2.82 bits per heavy atom. The maximum Gasteiger partial charge on any atom is 0.268 e. The van der Waals surface area contributed by atoms with Gasteiger partial charge in [0.1, 0.15) is 5.82 Å². The second kappa shape index (κ2) is 5.57. The van der Waals surface area contributed by atoms with Crippen molar-refractivity contribution in [2.75, 3.05) is 26.3 Å². The first kappa shape index (κ1) is 12.5. The number of morpholine rings is 1. The second-order valence-corrected chi connectivity index (χ2v) is 4.58. The molecule has 1 fully saturated rings. The quantitative estimate of drug-likeness (QED) is 0.901. The molecule has 17 heavy (non-hydrogen) atoms. The van der Waals surface area contributed by atoms with Crippen molar-refractivity contribution >= 4 is 21.8 Å². The van der Waals surface area contributed by atoms with Crippen LogP contribution in [-0.4, -0.2) is 37.2 Å². The fourth-order valence-electron chi connectivity index (χ4n) is 1.55. The van der Waals surface area contributed by atoms with E-state index in [4.69, 9.17) is 4.74 Å². The molecule has 4 nitrogen and oxygen atoms in total. The van der Waals surface area contributed by atoms with Crippen molar-refractivity contribution < 1.29 is 13.9 Å². The molecule has 1 saturated heterocycles. The lowest BCUT2D eigenvalue weighted by Gasteiger charge is -2.26. The van der Waals surface area contributed by atoms with Crippen LogP contribution in [0.15, 0.2) is 22.7 Å². The number of hydrogen-bond donors (Lipinski definition) is 1. The minimum atomic E-state index is -0.529. The van der Waals surface area contributed by atoms with Crippen molar-refractivity contribution in [2.45, 2.75) is 0 Å². The Balaban J connectivity index is 2.05. The molecule has 0 aromatic heterocycles. The van der Waals surface area contributed by atoms with Gasteiger partial charge in [-0.2, -0.15) is 0 Å². The van der Waals surface area contributed by atoms with Crippen molar-refractivity contribution in [3.05, 3.63) is 34.1 Å². The van der Waals surface area contributed by atoms with E-state index in [0.29, 0.717) is 30.8 Å². The summed E-state index contributed by atoms with van der Waals surface area (Å²) in [6.45, 7) is 2.37. The fraction of sp³-hybridized carbons (Fsp3) is 0.364. The number of carbonyl (C=O) groups excluding carboxylic acids is 1. The maximum absolute atomic E-state index is 13.4. The molecule has 1 aromatic rings. The van der Waals surface area contributed by atoms with E-state index in [9.17, 15) is 9.18 Å². The summed E-state index contributed by atoms with van der Waals surface area (Å²) in [6.07, 6.45) is 0. The average Bonchev–Trinajstić information content (AvgIpc) is 2.33. The molecule has 0 saturated carbocycles. The van der Waals surface area contributed by atoms with E-state index in [-0.39, 0.29) is 5.56 Å². The lowest BCUT2D eigenvalue weighted by atomic mass is 10.2. The second-order valence-electron chi connectivity index (χ2n) is 3.66. The van der Waals surface area contributed by atoms with Gasteiger partial charge in [0.05, 0.1) is 18.8 Å². The maximum atomic E-state index is 13.4. The number of hydrogen-bond acceptors (Lipinski definition) is 3. The van der Waals surface area contributed by atoms with E-state index in [1.54, 1.807) is 11.1 Å². The Bertz CT molecular complexity index is 422. The smallest absolute Gasteiger partial charge is 0.268 e. The first-order valence-corrected chi connectivity index (χ1v) is 6.05. The monoisotopic (exact) mass is 302 g/mol. The van der Waals surface area contributed by atoms with Crippen molar-refractivity contribution in [3.8, 4) is 0 Å². The summed E-state index contributed by atoms with van der Waals surface area (Å²) in [6, 6.07) is 4.28. The number of hydrazine groups is 1. The molecule has 1 N–H and O–H groups in total. The van der Waals surface area contributed by atoms with Crippen LogP contribution < -0.4 is 5.43 Å². The Labute approximate surface area is 107 Å². The van der Waals surface area contributed by atoms with E-state index in [2.05, 4.69) is 21.4 Å². The van der Waals surface area contributed by atoms with E-state index in [1.165, 1.54) is 12.1 Å². The first-order chi connectivity index (χ1) is 8.16. The molecule has 0 spiro atoms. The summed E-state index contributed by atoms with van der Waals surface area (Å²) in [5, 5.41) is 1.73. The van der Waals surface area contributed by atoms with Crippen LogP contribution in [0.5, 0.6) is 0 Å². The number of benzene rings is 1. The molecule has 1 aromatic carbocycles. The zero-order valence-electron chi connectivity index (χ0n) is 9.08. The van der Waals surface area contributed by atoms with Crippen LogP contribution in [0.25, 0.3) is 0 Å². The number of carbonyl (C=O) groups is 1. The number of rotatable bonds is 2. The highest BCUT2D eigenvalue weighted by molar-refractivity contribution is 9.10. The molecule has 1 heterocycles. The van der Waals surface area contributed by atoms with Crippen LogP contribution in [-0.2, 0) is 4.74 Å². The molecule has 0 atom stereocenters. The van der Waals surface area contributed by atoms with Crippen LogP contribution in [0.3, 0.4) is 0 Å². The van der Waals surface area contributed by atoms with Gasteiger partial charge in [0.25, 0.3) is 5.91 Å². The Kier molecular flexibility index (Phi) is 4.09. The SMILES string of the molecule is O=C(NN1CCOCC1)c1cc(Br)ccc1F. The molecule has 0 bridgehead atoms. The molecule has 2 rings (SSSR count). The van der Waals surface area contributed by atoms with Gasteiger partial charge in [0, 0.05) is 17.6 Å². The summed E-state index contributed by atoms with van der Waals surface area (Å²) < 4.78 is 19.3. The van der Waals surface area contributed by atoms with Crippen LogP contribution in [0.4, 0.5) is 4.39 Å². The predicted molar refractivity (Wildman–Crippen MR) is 64.0 cm³/mol. The molecule has 6 heteroatoms. The normalized spacial score (nSPS) is 16.8. The molecule has 1 aliphatic heterocycles. The molecule has 0 unspecified atom stereocenters. The lowest BCUT2D eigenvalue weighted by molar-refractivity contribution is 0.0125. The van der Waals surface area contributed by atoms with Crippen molar-refractivity contribution in [1.29, 1.82) is 0 Å². The Hall–Kier alpha value is -0.980. The zero-order valence-corrected chi connectivity index (χ0v) is 10.7. The molecule has 0 radical (unpaired) electrons. The largest absolute Gasteiger partial charge is 0.379 e. The minimum Gasteiger partial charge on any atom is -0.379 e. The standard InChI is InChI=1S/C11H12BrFN2O2/c12-8-1-2-10(13)9(7-8)11(16)14-15-3-5-17-6-4-15/h1-2,7H,3-6H2,(H,14,16). The van der Waals surface area contributed by atoms with Gasteiger partial charge in [-0.05, 0) is 18.2 Å².